The van der Waals surface area contributed by atoms with Crippen LogP contribution in [-0.4, -0.2) is 44.1 Å². The number of hydrogen-bond donors (Lipinski definition) is 2. The van der Waals surface area contributed by atoms with Gasteiger partial charge in [0.25, 0.3) is 5.56 Å². The number of aliphatic hydroxyl groups is 1. The predicted molar refractivity (Wildman–Crippen MR) is 112 cm³/mol. The Morgan fingerprint density at radius 2 is 2.04 bits per heavy atom. The van der Waals surface area contributed by atoms with Crippen LogP contribution < -0.4 is 10.9 Å². The fraction of sp³-hybridized carbons (Fsp3) is 0.579. The minimum Gasteiger partial charge on any atom is -0.391 e. The number of aromatic nitrogens is 3. The molecule has 1 saturated carbocycles. The van der Waals surface area contributed by atoms with Gasteiger partial charge in [-0.15, -0.1) is 24.8 Å². The summed E-state index contributed by atoms with van der Waals surface area (Å²) in [5, 5.41) is 13.2. The summed E-state index contributed by atoms with van der Waals surface area (Å²) in [4.78, 5) is 34.1. The molecule has 0 bridgehead atoms. The number of hydrogen-bond acceptors (Lipinski definition) is 6. The van der Waals surface area contributed by atoms with Crippen molar-refractivity contribution in [3.05, 3.63) is 34.0 Å². The number of carbonyl (C=O) groups is 1. The zero-order valence-electron chi connectivity index (χ0n) is 15.8. The lowest BCUT2D eigenvalue weighted by Gasteiger charge is -2.28. The molecule has 2 aromatic heterocycles. The number of aryl methyl sites for hydroxylation is 1. The molecule has 3 heterocycles. The molecule has 2 atom stereocenters. The highest BCUT2D eigenvalue weighted by atomic mass is 35.5. The molecule has 1 saturated heterocycles. The monoisotopic (exact) mass is 428 g/mol. The van der Waals surface area contributed by atoms with Crippen molar-refractivity contribution in [2.24, 2.45) is 0 Å². The lowest BCUT2D eigenvalue weighted by molar-refractivity contribution is -0.121. The number of rotatable bonds is 5. The number of nitrogens with zero attached hydrogens (tertiary/aromatic N) is 3. The van der Waals surface area contributed by atoms with E-state index in [4.69, 9.17) is 0 Å². The van der Waals surface area contributed by atoms with E-state index in [1.54, 1.807) is 0 Å². The smallest absolute Gasteiger partial charge is 0.280 e. The molecule has 2 fully saturated rings. The maximum Gasteiger partial charge on any atom is 0.280 e. The van der Waals surface area contributed by atoms with Gasteiger partial charge in [0.15, 0.2) is 11.3 Å². The first-order chi connectivity index (χ1) is 12.5. The van der Waals surface area contributed by atoms with Crippen molar-refractivity contribution in [1.82, 2.24) is 19.9 Å². The Morgan fingerprint density at radius 1 is 1.29 bits per heavy atom. The third-order valence-electron chi connectivity index (χ3n) is 5.33. The summed E-state index contributed by atoms with van der Waals surface area (Å²) >= 11 is 0. The number of aliphatic hydroxyl groups excluding tert-OH is 1. The number of Topliss-reactive ketones (excluding diaryl/α,β-unsaturated/α-hetero) is 1. The molecule has 28 heavy (non-hydrogen) atoms. The molecule has 0 aromatic carbocycles. The van der Waals surface area contributed by atoms with E-state index in [9.17, 15) is 14.7 Å². The standard InChI is InChI=1S/C19H24N4O3.2ClH/c1-11-7-14(12-4-5-12)22-18-17(11)21-10-23(19(18)26)9-13(24)8-15-16(25)3-2-6-20-15;;/h7,10,12,15-16,20,25H,2-6,8-9H2,1H3;2*1H/t15-,16+;;/m1../s1. The predicted octanol–water partition coefficient (Wildman–Crippen LogP) is 1.89. The Balaban J connectivity index is 0.00000140. The number of nitrogens with one attached hydrogen (secondary N) is 1. The summed E-state index contributed by atoms with van der Waals surface area (Å²) in [6.45, 7) is 2.70. The van der Waals surface area contributed by atoms with Crippen LogP contribution in [-0.2, 0) is 11.3 Å². The molecule has 4 rings (SSSR count). The van der Waals surface area contributed by atoms with Gasteiger partial charge in [0.1, 0.15) is 0 Å². The summed E-state index contributed by atoms with van der Waals surface area (Å²) in [5.74, 6) is 0.355. The molecular formula is C19H26Cl2N4O3. The van der Waals surface area contributed by atoms with Crippen molar-refractivity contribution < 1.29 is 9.90 Å². The van der Waals surface area contributed by atoms with Crippen molar-refractivity contribution in [1.29, 1.82) is 0 Å². The van der Waals surface area contributed by atoms with E-state index >= 15 is 0 Å². The molecular weight excluding hydrogens is 403 g/mol. The van der Waals surface area contributed by atoms with Crippen molar-refractivity contribution in [3.8, 4) is 0 Å². The lowest BCUT2D eigenvalue weighted by atomic mass is 9.97. The van der Waals surface area contributed by atoms with E-state index < -0.39 is 6.10 Å². The van der Waals surface area contributed by atoms with Crippen LogP contribution in [0.3, 0.4) is 0 Å². The molecule has 0 spiro atoms. The molecule has 2 N–H and O–H groups in total. The van der Waals surface area contributed by atoms with Crippen molar-refractivity contribution in [2.75, 3.05) is 6.54 Å². The molecule has 9 heteroatoms. The van der Waals surface area contributed by atoms with Crippen LogP contribution in [0.5, 0.6) is 0 Å². The van der Waals surface area contributed by atoms with E-state index in [1.807, 2.05) is 13.0 Å². The van der Waals surface area contributed by atoms with Gasteiger partial charge in [0, 0.05) is 24.1 Å². The maximum absolute atomic E-state index is 12.8. The summed E-state index contributed by atoms with van der Waals surface area (Å²) in [6, 6.07) is 1.78. The molecule has 1 aliphatic heterocycles. The van der Waals surface area contributed by atoms with Gasteiger partial charge in [-0.2, -0.15) is 0 Å². The van der Waals surface area contributed by atoms with Gasteiger partial charge in [0.2, 0.25) is 0 Å². The number of fused-ring (bicyclic) bond motifs is 1. The Kier molecular flexibility index (Phi) is 7.56. The van der Waals surface area contributed by atoms with Crippen molar-refractivity contribution in [3.63, 3.8) is 0 Å². The Hall–Kier alpha value is -1.54. The van der Waals surface area contributed by atoms with Crippen molar-refractivity contribution in [2.45, 2.75) is 63.6 Å². The fourth-order valence-corrected chi connectivity index (χ4v) is 3.66. The third-order valence-corrected chi connectivity index (χ3v) is 5.33. The first-order valence-corrected chi connectivity index (χ1v) is 9.33. The summed E-state index contributed by atoms with van der Waals surface area (Å²) in [5.41, 5.74) is 2.58. The molecule has 2 aromatic rings. The van der Waals surface area contributed by atoms with Crippen LogP contribution in [0.4, 0.5) is 0 Å². The second-order valence-corrected chi connectivity index (χ2v) is 7.53. The topological polar surface area (TPSA) is 97.1 Å². The zero-order chi connectivity index (χ0) is 18.3. The quantitative estimate of drug-likeness (QED) is 0.754. The van der Waals surface area contributed by atoms with E-state index in [0.717, 1.165) is 37.1 Å². The highest BCUT2D eigenvalue weighted by Crippen LogP contribution is 2.39. The minimum absolute atomic E-state index is 0. The SMILES string of the molecule is Cc1cc(C2CC2)nc2c(=O)n(CC(=O)C[C@H]3NCCC[C@@H]3O)cnc12.Cl.Cl. The van der Waals surface area contributed by atoms with Gasteiger partial charge in [0.05, 0.1) is 24.5 Å². The van der Waals surface area contributed by atoms with Crippen LogP contribution in [0.1, 0.15) is 49.3 Å². The Bertz CT molecular complexity index is 914. The van der Waals surface area contributed by atoms with E-state index in [0.29, 0.717) is 23.4 Å². The first-order valence-electron chi connectivity index (χ1n) is 9.33. The summed E-state index contributed by atoms with van der Waals surface area (Å²) in [6.07, 6.45) is 4.97. The van der Waals surface area contributed by atoms with Gasteiger partial charge < -0.3 is 10.4 Å². The van der Waals surface area contributed by atoms with E-state index in [2.05, 4.69) is 15.3 Å². The summed E-state index contributed by atoms with van der Waals surface area (Å²) < 4.78 is 1.34. The highest BCUT2D eigenvalue weighted by molar-refractivity contribution is 5.85. The molecule has 7 nitrogen and oxygen atoms in total. The number of ketones is 1. The molecule has 2 aliphatic rings. The lowest BCUT2D eigenvalue weighted by Crippen LogP contribution is -2.46. The fourth-order valence-electron chi connectivity index (χ4n) is 3.66. The minimum atomic E-state index is -0.510. The number of halogens is 2. The van der Waals surface area contributed by atoms with Crippen molar-refractivity contribution >= 4 is 41.6 Å². The van der Waals surface area contributed by atoms with Gasteiger partial charge in [-0.3, -0.25) is 14.2 Å². The van der Waals surface area contributed by atoms with Crippen LogP contribution in [0, 0.1) is 6.92 Å². The Labute approximate surface area is 175 Å². The number of pyridine rings is 1. The van der Waals surface area contributed by atoms with Crippen LogP contribution >= 0.6 is 24.8 Å². The largest absolute Gasteiger partial charge is 0.391 e. The normalized spacial score (nSPS) is 21.6. The van der Waals surface area contributed by atoms with Crippen LogP contribution in [0.2, 0.25) is 0 Å². The number of piperidine rings is 1. The average Bonchev–Trinajstić information content (AvgIpc) is 3.45. The molecule has 0 radical (unpaired) electrons. The average molecular weight is 429 g/mol. The number of carbonyl (C=O) groups excluding carboxylic acids is 1. The van der Waals surface area contributed by atoms with E-state index in [-0.39, 0.29) is 55.2 Å². The highest BCUT2D eigenvalue weighted by Gasteiger charge is 2.27. The third kappa shape index (κ3) is 4.71. The van der Waals surface area contributed by atoms with Gasteiger partial charge in [-0.05, 0) is 50.8 Å². The van der Waals surface area contributed by atoms with Gasteiger partial charge in [-0.25, -0.2) is 9.97 Å². The van der Waals surface area contributed by atoms with Crippen LogP contribution in [0.15, 0.2) is 17.2 Å². The maximum atomic E-state index is 12.8. The van der Waals surface area contributed by atoms with Crippen LogP contribution in [0.25, 0.3) is 11.0 Å². The Morgan fingerprint density at radius 3 is 2.71 bits per heavy atom. The van der Waals surface area contributed by atoms with Gasteiger partial charge >= 0.3 is 0 Å². The molecule has 154 valence electrons. The first kappa shape index (κ1) is 22.7. The molecule has 0 amide bonds. The second kappa shape index (κ2) is 9.31. The zero-order valence-corrected chi connectivity index (χ0v) is 17.4. The van der Waals surface area contributed by atoms with E-state index in [1.165, 1.54) is 10.9 Å². The molecule has 1 aliphatic carbocycles. The summed E-state index contributed by atoms with van der Waals surface area (Å²) in [7, 11) is 0. The second-order valence-electron chi connectivity index (χ2n) is 7.53. The van der Waals surface area contributed by atoms with Gasteiger partial charge in [-0.1, -0.05) is 0 Å². The molecule has 0 unspecified atom stereocenters.